The van der Waals surface area contributed by atoms with Crippen LogP contribution in [0.3, 0.4) is 0 Å². The molecule has 16 heavy (non-hydrogen) atoms. The molecule has 0 N–H and O–H groups in total. The summed E-state index contributed by atoms with van der Waals surface area (Å²) in [5, 5.41) is 0. The van der Waals surface area contributed by atoms with E-state index in [2.05, 4.69) is 34.6 Å². The van der Waals surface area contributed by atoms with Crippen molar-refractivity contribution in [2.24, 2.45) is 11.3 Å². The van der Waals surface area contributed by atoms with Crippen molar-refractivity contribution in [1.29, 1.82) is 0 Å². The minimum atomic E-state index is 0.264. The van der Waals surface area contributed by atoms with Gasteiger partial charge in [0.1, 0.15) is 0 Å². The summed E-state index contributed by atoms with van der Waals surface area (Å²) in [5.41, 5.74) is 0.264. The lowest BCUT2D eigenvalue weighted by Gasteiger charge is -2.22. The van der Waals surface area contributed by atoms with Gasteiger partial charge in [0.25, 0.3) is 0 Å². The molecule has 0 aliphatic rings. The van der Waals surface area contributed by atoms with E-state index in [-0.39, 0.29) is 5.41 Å². The molecule has 0 amide bonds. The van der Waals surface area contributed by atoms with Gasteiger partial charge in [0, 0.05) is 0 Å². The molecule has 0 saturated carbocycles. The number of unbranched alkanes of at least 4 members (excludes halogenated alkanes) is 6. The third-order valence-corrected chi connectivity index (χ3v) is 3.20. The Balaban J connectivity index is 3.25. The summed E-state index contributed by atoms with van der Waals surface area (Å²) in [5.74, 6) is 0.850. The van der Waals surface area contributed by atoms with Crippen molar-refractivity contribution in [3.05, 3.63) is 6.92 Å². The smallest absolute Gasteiger partial charge is 0.0351 e. The fourth-order valence-electron chi connectivity index (χ4n) is 2.50. The highest BCUT2D eigenvalue weighted by atomic mass is 14.2. The number of hydrogen-bond acceptors (Lipinski definition) is 0. The standard InChI is InChI=1S/C16H33/c1-6-7-8-9-10-11-12-13-15(2)14-16(3,4)5/h15H,3,6-14H2,1-2,4-5H3. The fraction of sp³-hybridized carbons (Fsp3) is 0.938. The number of rotatable bonds is 10. The van der Waals surface area contributed by atoms with Gasteiger partial charge < -0.3 is 0 Å². The maximum Gasteiger partial charge on any atom is -0.0351 e. The van der Waals surface area contributed by atoms with Crippen molar-refractivity contribution in [3.63, 3.8) is 0 Å². The quantitative estimate of drug-likeness (QED) is 0.399. The molecule has 0 nitrogen and oxygen atoms in total. The third-order valence-electron chi connectivity index (χ3n) is 3.20. The molecule has 0 heteroatoms. The lowest BCUT2D eigenvalue weighted by atomic mass is 9.83. The zero-order valence-electron chi connectivity index (χ0n) is 12.1. The van der Waals surface area contributed by atoms with Gasteiger partial charge in [-0.05, 0) is 24.7 Å². The van der Waals surface area contributed by atoms with E-state index in [1.54, 1.807) is 0 Å². The first-order chi connectivity index (χ1) is 7.45. The van der Waals surface area contributed by atoms with E-state index in [0.29, 0.717) is 0 Å². The summed E-state index contributed by atoms with van der Waals surface area (Å²) in [6.07, 6.45) is 12.6. The second-order valence-corrected chi connectivity index (χ2v) is 6.38. The first kappa shape index (κ1) is 16.0. The summed E-state index contributed by atoms with van der Waals surface area (Å²) >= 11 is 0. The van der Waals surface area contributed by atoms with Crippen molar-refractivity contribution in [2.45, 2.75) is 85.5 Å². The predicted molar refractivity (Wildman–Crippen MR) is 75.5 cm³/mol. The molecule has 0 fully saturated rings. The van der Waals surface area contributed by atoms with Crippen LogP contribution in [0.25, 0.3) is 0 Å². The molecular formula is C16H33. The van der Waals surface area contributed by atoms with Gasteiger partial charge in [-0.2, -0.15) is 0 Å². The molecule has 0 aromatic carbocycles. The van der Waals surface area contributed by atoms with E-state index in [1.807, 2.05) is 0 Å². The van der Waals surface area contributed by atoms with Crippen LogP contribution in [-0.2, 0) is 0 Å². The summed E-state index contributed by atoms with van der Waals surface area (Å²) in [6.45, 7) is 13.3. The predicted octanol–water partition coefficient (Wildman–Crippen LogP) is 6.01. The largest absolute Gasteiger partial charge is 0.0654 e. The van der Waals surface area contributed by atoms with Crippen LogP contribution in [0.1, 0.15) is 85.5 Å². The lowest BCUT2D eigenvalue weighted by molar-refractivity contribution is 0.324. The van der Waals surface area contributed by atoms with Crippen LogP contribution in [0.15, 0.2) is 0 Å². The maximum atomic E-state index is 4.19. The van der Waals surface area contributed by atoms with E-state index in [1.165, 1.54) is 57.8 Å². The second kappa shape index (κ2) is 9.07. The molecule has 0 aromatic heterocycles. The molecule has 1 atom stereocenters. The molecule has 0 saturated heterocycles. The van der Waals surface area contributed by atoms with Crippen molar-refractivity contribution in [1.82, 2.24) is 0 Å². The molecule has 1 unspecified atom stereocenters. The van der Waals surface area contributed by atoms with Crippen LogP contribution >= 0.6 is 0 Å². The Hall–Kier alpha value is 0. The molecule has 0 rings (SSSR count). The first-order valence-electron chi connectivity index (χ1n) is 7.31. The molecule has 0 heterocycles. The average molecular weight is 225 g/mol. The zero-order valence-corrected chi connectivity index (χ0v) is 12.1. The average Bonchev–Trinajstić information content (AvgIpc) is 2.13. The topological polar surface area (TPSA) is 0 Å². The van der Waals surface area contributed by atoms with Gasteiger partial charge in [-0.1, -0.05) is 79.1 Å². The van der Waals surface area contributed by atoms with Gasteiger partial charge in [0.2, 0.25) is 0 Å². The highest BCUT2D eigenvalue weighted by Crippen LogP contribution is 2.26. The van der Waals surface area contributed by atoms with E-state index in [4.69, 9.17) is 0 Å². The molecule has 0 aromatic rings. The van der Waals surface area contributed by atoms with E-state index in [0.717, 1.165) is 5.92 Å². The SMILES string of the molecule is [CH2]C(C)(C)CC(C)CCCCCCCCC. The Morgan fingerprint density at radius 1 is 0.938 bits per heavy atom. The monoisotopic (exact) mass is 225 g/mol. The van der Waals surface area contributed by atoms with Crippen molar-refractivity contribution in [2.75, 3.05) is 0 Å². The van der Waals surface area contributed by atoms with Crippen LogP contribution in [0.5, 0.6) is 0 Å². The normalized spacial score (nSPS) is 14.1. The van der Waals surface area contributed by atoms with Crippen molar-refractivity contribution >= 4 is 0 Å². The van der Waals surface area contributed by atoms with E-state index in [9.17, 15) is 0 Å². The summed E-state index contributed by atoms with van der Waals surface area (Å²) in [6, 6.07) is 0. The lowest BCUT2D eigenvalue weighted by Crippen LogP contribution is -2.11. The van der Waals surface area contributed by atoms with Gasteiger partial charge >= 0.3 is 0 Å². The third kappa shape index (κ3) is 12.1. The van der Waals surface area contributed by atoms with Gasteiger partial charge in [0.15, 0.2) is 0 Å². The Morgan fingerprint density at radius 3 is 1.94 bits per heavy atom. The molecule has 0 aliphatic carbocycles. The number of hydrogen-bond donors (Lipinski definition) is 0. The van der Waals surface area contributed by atoms with E-state index >= 15 is 0 Å². The van der Waals surface area contributed by atoms with Gasteiger partial charge in [0.05, 0.1) is 0 Å². The van der Waals surface area contributed by atoms with E-state index < -0.39 is 0 Å². The molecule has 0 aliphatic heterocycles. The minimum Gasteiger partial charge on any atom is -0.0654 e. The minimum absolute atomic E-state index is 0.264. The summed E-state index contributed by atoms with van der Waals surface area (Å²) in [4.78, 5) is 0. The Kier molecular flexibility index (Phi) is 9.07. The van der Waals surface area contributed by atoms with Crippen LogP contribution < -0.4 is 0 Å². The van der Waals surface area contributed by atoms with Gasteiger partial charge in [-0.3, -0.25) is 0 Å². The van der Waals surface area contributed by atoms with Crippen LogP contribution in [-0.4, -0.2) is 0 Å². The highest BCUT2D eigenvalue weighted by Gasteiger charge is 2.14. The summed E-state index contributed by atoms with van der Waals surface area (Å²) < 4.78 is 0. The highest BCUT2D eigenvalue weighted by molar-refractivity contribution is 4.73. The fourth-order valence-corrected chi connectivity index (χ4v) is 2.50. The molecule has 1 radical (unpaired) electrons. The van der Waals surface area contributed by atoms with Gasteiger partial charge in [-0.15, -0.1) is 0 Å². The van der Waals surface area contributed by atoms with Crippen LogP contribution in [0, 0.1) is 18.3 Å². The molecular weight excluding hydrogens is 192 g/mol. The second-order valence-electron chi connectivity index (χ2n) is 6.38. The van der Waals surface area contributed by atoms with Gasteiger partial charge in [-0.25, -0.2) is 0 Å². The molecule has 0 spiro atoms. The Morgan fingerprint density at radius 2 is 1.44 bits per heavy atom. The Labute approximate surface area is 104 Å². The summed E-state index contributed by atoms with van der Waals surface area (Å²) in [7, 11) is 0. The van der Waals surface area contributed by atoms with Crippen molar-refractivity contribution < 1.29 is 0 Å². The van der Waals surface area contributed by atoms with Crippen molar-refractivity contribution in [3.8, 4) is 0 Å². The molecule has 97 valence electrons. The maximum absolute atomic E-state index is 4.19. The van der Waals surface area contributed by atoms with Crippen LogP contribution in [0.4, 0.5) is 0 Å². The molecule has 0 bridgehead atoms. The zero-order chi connectivity index (χ0) is 12.4. The van der Waals surface area contributed by atoms with Crippen LogP contribution in [0.2, 0.25) is 0 Å². The first-order valence-corrected chi connectivity index (χ1v) is 7.31. The Bertz CT molecular complexity index is 141.